The molecule has 35 heavy (non-hydrogen) atoms. The summed E-state index contributed by atoms with van der Waals surface area (Å²) in [5.74, 6) is 1.36. The topological polar surface area (TPSA) is 59.7 Å². The standard InChI is InChI=1S/C29H32N4O2/c1-20-9-11-23(12-10-20)17-26-21(2)31-28-27(18-30-33(28)22(26)3)29(34)32-15-13-24(19-32)14-16-35-25-7-5-4-6-8-25/h4-12,18,24H,13-17,19H2,1-3H3. The van der Waals surface area contributed by atoms with Crippen molar-refractivity contribution >= 4 is 11.6 Å². The third-order valence-electron chi connectivity index (χ3n) is 7.05. The summed E-state index contributed by atoms with van der Waals surface area (Å²) in [6, 6.07) is 18.5. The number of aromatic nitrogens is 3. The molecule has 0 saturated carbocycles. The summed E-state index contributed by atoms with van der Waals surface area (Å²) in [4.78, 5) is 20.2. The summed E-state index contributed by atoms with van der Waals surface area (Å²) < 4.78 is 7.68. The fourth-order valence-electron chi connectivity index (χ4n) is 4.91. The zero-order valence-electron chi connectivity index (χ0n) is 20.7. The summed E-state index contributed by atoms with van der Waals surface area (Å²) in [6.45, 7) is 8.35. The summed E-state index contributed by atoms with van der Waals surface area (Å²) in [5.41, 5.74) is 6.85. The number of para-hydroxylation sites is 1. The number of nitrogens with zero attached hydrogens (tertiary/aromatic N) is 4. The van der Waals surface area contributed by atoms with Crippen LogP contribution in [0.3, 0.4) is 0 Å². The second-order valence-electron chi connectivity index (χ2n) is 9.57. The maximum Gasteiger partial charge on any atom is 0.259 e. The van der Waals surface area contributed by atoms with Gasteiger partial charge in [-0.05, 0) is 62.8 Å². The van der Waals surface area contributed by atoms with E-state index in [1.807, 2.05) is 46.7 Å². The zero-order valence-corrected chi connectivity index (χ0v) is 20.7. The third-order valence-corrected chi connectivity index (χ3v) is 7.05. The van der Waals surface area contributed by atoms with Gasteiger partial charge in [0.25, 0.3) is 5.91 Å². The second kappa shape index (κ2) is 9.90. The number of carbonyl (C=O) groups excluding carboxylic acids is 1. The van der Waals surface area contributed by atoms with Crippen LogP contribution in [0.2, 0.25) is 0 Å². The molecule has 3 heterocycles. The number of hydrogen-bond acceptors (Lipinski definition) is 4. The molecule has 4 aromatic rings. The first-order valence-corrected chi connectivity index (χ1v) is 12.4. The average Bonchev–Trinajstić information content (AvgIpc) is 3.51. The van der Waals surface area contributed by atoms with Crippen LogP contribution in [-0.2, 0) is 6.42 Å². The van der Waals surface area contributed by atoms with Crippen LogP contribution < -0.4 is 4.74 Å². The Morgan fingerprint density at radius 1 is 1.06 bits per heavy atom. The highest BCUT2D eigenvalue weighted by Crippen LogP contribution is 2.25. The molecule has 0 N–H and O–H groups in total. The van der Waals surface area contributed by atoms with Crippen LogP contribution >= 0.6 is 0 Å². The number of ether oxygens (including phenoxy) is 1. The van der Waals surface area contributed by atoms with Crippen LogP contribution in [-0.4, -0.2) is 45.1 Å². The van der Waals surface area contributed by atoms with Gasteiger partial charge in [-0.1, -0.05) is 48.0 Å². The fourth-order valence-corrected chi connectivity index (χ4v) is 4.91. The molecule has 1 fully saturated rings. The number of carbonyl (C=O) groups is 1. The number of amides is 1. The van der Waals surface area contributed by atoms with Gasteiger partial charge in [-0.15, -0.1) is 0 Å². The van der Waals surface area contributed by atoms with Gasteiger partial charge in [0.15, 0.2) is 5.65 Å². The lowest BCUT2D eigenvalue weighted by Gasteiger charge is -2.17. The molecule has 1 atom stereocenters. The summed E-state index contributed by atoms with van der Waals surface area (Å²) in [7, 11) is 0. The van der Waals surface area contributed by atoms with Gasteiger partial charge in [0.05, 0.1) is 12.8 Å². The molecule has 0 radical (unpaired) electrons. The van der Waals surface area contributed by atoms with Crippen LogP contribution in [0.1, 0.15) is 51.3 Å². The number of benzene rings is 2. The second-order valence-corrected chi connectivity index (χ2v) is 9.57. The zero-order chi connectivity index (χ0) is 24.4. The molecule has 6 heteroatoms. The SMILES string of the molecule is Cc1ccc(Cc2c(C)nc3c(C(=O)N4CCC(CCOc5ccccc5)C4)cnn3c2C)cc1. The molecule has 1 aliphatic heterocycles. The van der Waals surface area contributed by atoms with E-state index in [1.165, 1.54) is 11.1 Å². The van der Waals surface area contributed by atoms with Gasteiger partial charge in [0, 0.05) is 30.9 Å². The van der Waals surface area contributed by atoms with Crippen molar-refractivity contribution in [3.8, 4) is 5.75 Å². The molecule has 2 aromatic carbocycles. The van der Waals surface area contributed by atoms with Crippen molar-refractivity contribution in [2.75, 3.05) is 19.7 Å². The van der Waals surface area contributed by atoms with E-state index in [9.17, 15) is 4.79 Å². The lowest BCUT2D eigenvalue weighted by Crippen LogP contribution is -2.29. The van der Waals surface area contributed by atoms with Crippen molar-refractivity contribution < 1.29 is 9.53 Å². The number of hydrogen-bond donors (Lipinski definition) is 0. The largest absolute Gasteiger partial charge is 0.494 e. The fraction of sp³-hybridized carbons (Fsp3) is 0.345. The Labute approximate surface area is 206 Å². The number of aryl methyl sites for hydroxylation is 3. The van der Waals surface area contributed by atoms with E-state index in [-0.39, 0.29) is 5.91 Å². The molecular weight excluding hydrogens is 436 g/mol. The van der Waals surface area contributed by atoms with Crippen LogP contribution in [0.5, 0.6) is 5.75 Å². The molecule has 1 unspecified atom stereocenters. The van der Waals surface area contributed by atoms with Crippen molar-refractivity contribution in [2.45, 2.75) is 40.0 Å². The first-order chi connectivity index (χ1) is 17.0. The van der Waals surface area contributed by atoms with Crippen LogP contribution in [0, 0.1) is 26.7 Å². The highest BCUT2D eigenvalue weighted by molar-refractivity contribution is 5.99. The maximum atomic E-state index is 13.4. The van der Waals surface area contributed by atoms with Crippen molar-refractivity contribution in [2.24, 2.45) is 5.92 Å². The van der Waals surface area contributed by atoms with Gasteiger partial charge in [0.1, 0.15) is 11.3 Å². The molecule has 1 amide bonds. The number of fused-ring (bicyclic) bond motifs is 1. The lowest BCUT2D eigenvalue weighted by atomic mass is 10.0. The number of likely N-dealkylation sites (tertiary alicyclic amines) is 1. The van der Waals surface area contributed by atoms with Gasteiger partial charge in [-0.25, -0.2) is 9.50 Å². The Hall–Kier alpha value is -3.67. The summed E-state index contributed by atoms with van der Waals surface area (Å²) >= 11 is 0. The molecule has 5 rings (SSSR count). The molecule has 6 nitrogen and oxygen atoms in total. The highest BCUT2D eigenvalue weighted by Gasteiger charge is 2.29. The van der Waals surface area contributed by atoms with Crippen molar-refractivity contribution in [3.63, 3.8) is 0 Å². The smallest absolute Gasteiger partial charge is 0.259 e. The van der Waals surface area contributed by atoms with E-state index >= 15 is 0 Å². The van der Waals surface area contributed by atoms with Crippen molar-refractivity contribution in [1.82, 2.24) is 19.5 Å². The van der Waals surface area contributed by atoms with E-state index in [1.54, 1.807) is 6.20 Å². The minimum Gasteiger partial charge on any atom is -0.494 e. The predicted molar refractivity (Wildman–Crippen MR) is 137 cm³/mol. The van der Waals surface area contributed by atoms with Gasteiger partial charge in [-0.3, -0.25) is 4.79 Å². The van der Waals surface area contributed by atoms with E-state index in [0.717, 1.165) is 55.1 Å². The Morgan fingerprint density at radius 2 is 1.83 bits per heavy atom. The quantitative estimate of drug-likeness (QED) is 0.375. The first-order valence-electron chi connectivity index (χ1n) is 12.4. The molecule has 2 aromatic heterocycles. The van der Waals surface area contributed by atoms with Crippen LogP contribution in [0.15, 0.2) is 60.8 Å². The molecular formula is C29H32N4O2. The van der Waals surface area contributed by atoms with Crippen LogP contribution in [0.4, 0.5) is 0 Å². The van der Waals surface area contributed by atoms with Gasteiger partial charge in [0.2, 0.25) is 0 Å². The first kappa shape index (κ1) is 23.1. The average molecular weight is 469 g/mol. The number of rotatable bonds is 7. The highest BCUT2D eigenvalue weighted by atomic mass is 16.5. The maximum absolute atomic E-state index is 13.4. The van der Waals surface area contributed by atoms with E-state index in [4.69, 9.17) is 9.72 Å². The lowest BCUT2D eigenvalue weighted by molar-refractivity contribution is 0.0787. The molecule has 0 spiro atoms. The van der Waals surface area contributed by atoms with Gasteiger partial charge in [-0.2, -0.15) is 5.10 Å². The predicted octanol–water partition coefficient (Wildman–Crippen LogP) is 5.18. The summed E-state index contributed by atoms with van der Waals surface area (Å²) in [6.07, 6.45) is 4.41. The Kier molecular flexibility index (Phi) is 6.53. The molecule has 1 saturated heterocycles. The molecule has 0 bridgehead atoms. The monoisotopic (exact) mass is 468 g/mol. The molecule has 0 aliphatic carbocycles. The minimum atomic E-state index is 0.0177. The molecule has 180 valence electrons. The van der Waals surface area contributed by atoms with Gasteiger partial charge >= 0.3 is 0 Å². The normalized spacial score (nSPS) is 15.6. The third kappa shape index (κ3) is 4.92. The van der Waals surface area contributed by atoms with Crippen LogP contribution in [0.25, 0.3) is 5.65 Å². The Morgan fingerprint density at radius 3 is 2.60 bits per heavy atom. The minimum absolute atomic E-state index is 0.0177. The Bertz CT molecular complexity index is 1330. The van der Waals surface area contributed by atoms with E-state index in [0.29, 0.717) is 23.7 Å². The molecule has 1 aliphatic rings. The summed E-state index contributed by atoms with van der Waals surface area (Å²) in [5, 5.41) is 4.56. The van der Waals surface area contributed by atoms with E-state index < -0.39 is 0 Å². The van der Waals surface area contributed by atoms with Crippen molar-refractivity contribution in [3.05, 3.63) is 94.4 Å². The van der Waals surface area contributed by atoms with E-state index in [2.05, 4.69) is 43.2 Å². The van der Waals surface area contributed by atoms with Crippen molar-refractivity contribution in [1.29, 1.82) is 0 Å². The Balaban J connectivity index is 1.27. The van der Waals surface area contributed by atoms with Gasteiger partial charge < -0.3 is 9.64 Å².